The molecule has 20 heavy (non-hydrogen) atoms. The van der Waals surface area contributed by atoms with Crippen LogP contribution in [0.1, 0.15) is 51.5 Å². The van der Waals surface area contributed by atoms with Gasteiger partial charge in [-0.2, -0.15) is 0 Å². The zero-order chi connectivity index (χ0) is 14.5. The van der Waals surface area contributed by atoms with Crippen molar-refractivity contribution >= 4 is 29.5 Å². The Morgan fingerprint density at radius 1 is 1.50 bits per heavy atom. The molecule has 2 rings (SSSR count). The van der Waals surface area contributed by atoms with Crippen molar-refractivity contribution in [1.82, 2.24) is 10.1 Å². The van der Waals surface area contributed by atoms with Crippen LogP contribution in [0.2, 0.25) is 0 Å². The number of thiazole rings is 1. The van der Waals surface area contributed by atoms with Crippen LogP contribution in [0.4, 0.5) is 0 Å². The number of nitrogens with zero attached hydrogens (tertiary/aromatic N) is 2. The van der Waals surface area contributed by atoms with Crippen LogP contribution in [0.15, 0.2) is 10.7 Å². The van der Waals surface area contributed by atoms with E-state index in [1.807, 2.05) is 13.0 Å². The molecule has 1 N–H and O–H groups in total. The lowest BCUT2D eigenvalue weighted by Crippen LogP contribution is -1.89. The summed E-state index contributed by atoms with van der Waals surface area (Å²) in [5, 5.41) is 13.6. The van der Waals surface area contributed by atoms with Gasteiger partial charge in [-0.3, -0.25) is 0 Å². The maximum atomic E-state index is 10.8. The van der Waals surface area contributed by atoms with Crippen molar-refractivity contribution in [2.75, 3.05) is 0 Å². The number of hydrogen-bond acceptors (Lipinski definition) is 5. The third-order valence-electron chi connectivity index (χ3n) is 2.88. The number of unbranched alkanes of at least 4 members (excludes halogenated alkanes) is 1. The van der Waals surface area contributed by atoms with Crippen LogP contribution in [0.25, 0.3) is 12.2 Å². The first-order valence-electron chi connectivity index (χ1n) is 6.44. The zero-order valence-corrected chi connectivity index (χ0v) is 12.2. The second-order valence-corrected chi connectivity index (χ2v) is 5.47. The summed E-state index contributed by atoms with van der Waals surface area (Å²) in [6.07, 6.45) is 8.10. The maximum absolute atomic E-state index is 10.8. The second-order valence-electron chi connectivity index (χ2n) is 4.40. The number of aryl methyl sites for hydroxylation is 2. The molecule has 0 radical (unpaired) electrons. The van der Waals surface area contributed by atoms with E-state index in [-0.39, 0.29) is 4.88 Å². The molecule has 0 aliphatic carbocycles. The van der Waals surface area contributed by atoms with Gasteiger partial charge in [0.25, 0.3) is 0 Å². The molecule has 0 aliphatic rings. The van der Waals surface area contributed by atoms with Crippen molar-refractivity contribution in [2.24, 2.45) is 0 Å². The molecule has 0 aromatic carbocycles. The summed E-state index contributed by atoms with van der Waals surface area (Å²) >= 11 is 1.14. The van der Waals surface area contributed by atoms with E-state index < -0.39 is 5.97 Å². The van der Waals surface area contributed by atoms with E-state index in [1.165, 1.54) is 6.20 Å². The molecule has 0 amide bonds. The van der Waals surface area contributed by atoms with Gasteiger partial charge in [-0.05, 0) is 31.9 Å². The van der Waals surface area contributed by atoms with Gasteiger partial charge in [-0.15, -0.1) is 11.3 Å². The average Bonchev–Trinajstić information content (AvgIpc) is 3.01. The predicted molar refractivity (Wildman–Crippen MR) is 77.9 cm³/mol. The van der Waals surface area contributed by atoms with Crippen molar-refractivity contribution in [3.63, 3.8) is 0 Å². The number of carboxylic acid groups (broad SMARTS) is 1. The number of hydrogen-bond donors (Lipinski definition) is 1. The minimum atomic E-state index is -0.952. The van der Waals surface area contributed by atoms with Crippen LogP contribution < -0.4 is 0 Å². The van der Waals surface area contributed by atoms with Gasteiger partial charge in [0.05, 0.1) is 11.9 Å². The van der Waals surface area contributed by atoms with E-state index in [4.69, 9.17) is 9.63 Å². The van der Waals surface area contributed by atoms with Crippen LogP contribution in [-0.2, 0) is 6.42 Å². The van der Waals surface area contributed by atoms with Crippen LogP contribution in [0.3, 0.4) is 0 Å². The Morgan fingerprint density at radius 3 is 2.95 bits per heavy atom. The first kappa shape index (κ1) is 14.5. The highest BCUT2D eigenvalue weighted by atomic mass is 32.1. The predicted octanol–water partition coefficient (Wildman–Crippen LogP) is 3.65. The monoisotopic (exact) mass is 292 g/mol. The number of aromatic carboxylic acids is 1. The van der Waals surface area contributed by atoms with Crippen LogP contribution in [-0.4, -0.2) is 21.2 Å². The van der Waals surface area contributed by atoms with Crippen molar-refractivity contribution in [3.8, 4) is 0 Å². The summed E-state index contributed by atoms with van der Waals surface area (Å²) in [4.78, 5) is 15.1. The quantitative estimate of drug-likeness (QED) is 0.879. The van der Waals surface area contributed by atoms with Gasteiger partial charge in [0.2, 0.25) is 0 Å². The fourth-order valence-corrected chi connectivity index (χ4v) is 2.44. The lowest BCUT2D eigenvalue weighted by Gasteiger charge is -1.95. The molecule has 2 aromatic heterocycles. The number of carboxylic acids is 1. The number of carbonyl (C=O) groups is 1. The molecule has 0 bridgehead atoms. The van der Waals surface area contributed by atoms with E-state index in [0.717, 1.165) is 47.6 Å². The Kier molecular flexibility index (Phi) is 4.68. The smallest absolute Gasteiger partial charge is 0.347 e. The van der Waals surface area contributed by atoms with Gasteiger partial charge >= 0.3 is 5.97 Å². The summed E-state index contributed by atoms with van der Waals surface area (Å²) in [6, 6.07) is 0. The molecule has 5 nitrogen and oxygen atoms in total. The molecule has 2 aromatic rings. The topological polar surface area (TPSA) is 76.2 Å². The lowest BCUT2D eigenvalue weighted by molar-refractivity contribution is 0.0702. The van der Waals surface area contributed by atoms with Crippen molar-refractivity contribution in [1.29, 1.82) is 0 Å². The molecule has 6 heteroatoms. The fourth-order valence-electron chi connectivity index (χ4n) is 1.78. The van der Waals surface area contributed by atoms with Crippen LogP contribution >= 0.6 is 11.3 Å². The SMILES string of the molecule is CCCCc1noc(C)c1C=Cc1ncc(C(=O)O)s1. The Bertz CT molecular complexity index is 628. The van der Waals surface area contributed by atoms with Crippen molar-refractivity contribution < 1.29 is 14.4 Å². The van der Waals surface area contributed by atoms with Gasteiger partial charge in [0, 0.05) is 5.56 Å². The summed E-state index contributed by atoms with van der Waals surface area (Å²) < 4.78 is 5.21. The van der Waals surface area contributed by atoms with Gasteiger partial charge in [0.1, 0.15) is 15.6 Å². The third kappa shape index (κ3) is 3.33. The molecule has 0 atom stereocenters. The summed E-state index contributed by atoms with van der Waals surface area (Å²) in [6.45, 7) is 4.00. The molecule has 0 fully saturated rings. The highest BCUT2D eigenvalue weighted by Gasteiger charge is 2.10. The minimum Gasteiger partial charge on any atom is -0.477 e. The molecule has 2 heterocycles. The molecule has 0 aliphatic heterocycles. The first-order valence-corrected chi connectivity index (χ1v) is 7.25. The molecule has 0 spiro atoms. The number of rotatable bonds is 6. The Hall–Kier alpha value is -1.95. The largest absolute Gasteiger partial charge is 0.477 e. The third-order valence-corrected chi connectivity index (χ3v) is 3.83. The Labute approximate surface area is 120 Å². The van der Waals surface area contributed by atoms with Gasteiger partial charge < -0.3 is 9.63 Å². The molecular weight excluding hydrogens is 276 g/mol. The van der Waals surface area contributed by atoms with Crippen molar-refractivity contribution in [2.45, 2.75) is 33.1 Å². The highest BCUT2D eigenvalue weighted by Crippen LogP contribution is 2.20. The van der Waals surface area contributed by atoms with Crippen LogP contribution in [0.5, 0.6) is 0 Å². The van der Waals surface area contributed by atoms with E-state index in [9.17, 15) is 4.79 Å². The normalized spacial score (nSPS) is 11.3. The van der Waals surface area contributed by atoms with Gasteiger partial charge in [0.15, 0.2) is 0 Å². The lowest BCUT2D eigenvalue weighted by atomic mass is 10.1. The summed E-state index contributed by atoms with van der Waals surface area (Å²) in [5.41, 5.74) is 1.90. The summed E-state index contributed by atoms with van der Waals surface area (Å²) in [7, 11) is 0. The molecular formula is C14H16N2O3S. The summed E-state index contributed by atoms with van der Waals surface area (Å²) in [5.74, 6) is -0.186. The van der Waals surface area contributed by atoms with Gasteiger partial charge in [-0.1, -0.05) is 18.5 Å². The van der Waals surface area contributed by atoms with E-state index >= 15 is 0 Å². The molecule has 0 saturated carbocycles. The average molecular weight is 292 g/mol. The van der Waals surface area contributed by atoms with Crippen molar-refractivity contribution in [3.05, 3.63) is 33.1 Å². The van der Waals surface area contributed by atoms with E-state index in [2.05, 4.69) is 17.1 Å². The second kappa shape index (κ2) is 6.47. The minimum absolute atomic E-state index is 0.234. The highest BCUT2D eigenvalue weighted by molar-refractivity contribution is 7.14. The Balaban J connectivity index is 2.17. The number of aromatic nitrogens is 2. The standard InChI is InChI=1S/C14H16N2O3S/c1-3-4-5-11-10(9(2)19-16-11)6-7-13-15-8-12(20-13)14(17)18/h6-8H,3-5H2,1-2H3,(H,17,18). The van der Waals surface area contributed by atoms with E-state index in [0.29, 0.717) is 5.01 Å². The Morgan fingerprint density at radius 2 is 2.30 bits per heavy atom. The molecule has 0 unspecified atom stereocenters. The van der Waals surface area contributed by atoms with Crippen LogP contribution in [0, 0.1) is 6.92 Å². The fraction of sp³-hybridized carbons (Fsp3) is 0.357. The molecule has 106 valence electrons. The first-order chi connectivity index (χ1) is 9.61. The zero-order valence-electron chi connectivity index (χ0n) is 11.4. The van der Waals surface area contributed by atoms with Gasteiger partial charge in [-0.25, -0.2) is 9.78 Å². The maximum Gasteiger partial charge on any atom is 0.347 e. The van der Waals surface area contributed by atoms with E-state index in [1.54, 1.807) is 6.08 Å². The molecule has 0 saturated heterocycles.